The smallest absolute Gasteiger partial charge is 0.255 e. The van der Waals surface area contributed by atoms with Crippen LogP contribution in [0.25, 0.3) is 0 Å². The molecule has 0 heterocycles. The quantitative estimate of drug-likeness (QED) is 0.821. The Kier molecular flexibility index (Phi) is 4.66. The molecule has 0 unspecified atom stereocenters. The van der Waals surface area contributed by atoms with E-state index in [1.807, 2.05) is 55.6 Å². The molecule has 0 saturated carbocycles. The lowest BCUT2D eigenvalue weighted by molar-refractivity contribution is 0.102. The lowest BCUT2D eigenvalue weighted by Crippen LogP contribution is -2.13. The second kappa shape index (κ2) is 6.26. The molecular weight excluding hydrogens is 322 g/mol. The largest absolute Gasteiger partial charge is 0.322 e. The van der Waals surface area contributed by atoms with Gasteiger partial charge < -0.3 is 5.32 Å². The highest BCUT2D eigenvalue weighted by molar-refractivity contribution is 9.10. The molecule has 1 amide bonds. The molecule has 2 aromatic rings. The first-order valence-corrected chi connectivity index (χ1v) is 7.84. The summed E-state index contributed by atoms with van der Waals surface area (Å²) in [5.74, 6) is -0.0861. The average Bonchev–Trinajstić information content (AvgIpc) is 2.42. The maximum Gasteiger partial charge on any atom is 0.255 e. The van der Waals surface area contributed by atoms with E-state index in [0.29, 0.717) is 5.56 Å². The van der Waals surface area contributed by atoms with Crippen LogP contribution < -0.4 is 5.32 Å². The number of anilines is 1. The van der Waals surface area contributed by atoms with Crippen LogP contribution in [0.4, 0.5) is 5.69 Å². The molecule has 0 atom stereocenters. The SMILES string of the molecule is CSc1cccc(NC(=O)c2cccc(Br)c2C)c1. The Labute approximate surface area is 125 Å². The fraction of sp³-hybridized carbons (Fsp3) is 0.133. The summed E-state index contributed by atoms with van der Waals surface area (Å²) in [6.07, 6.45) is 2.01. The molecule has 0 aliphatic heterocycles. The molecule has 0 bridgehead atoms. The van der Waals surface area contributed by atoms with Gasteiger partial charge in [-0.25, -0.2) is 0 Å². The Morgan fingerprint density at radius 2 is 1.95 bits per heavy atom. The van der Waals surface area contributed by atoms with E-state index < -0.39 is 0 Å². The van der Waals surface area contributed by atoms with Crippen LogP contribution in [0, 0.1) is 6.92 Å². The fourth-order valence-electron chi connectivity index (χ4n) is 1.75. The molecule has 2 aromatic carbocycles. The van der Waals surface area contributed by atoms with Crippen molar-refractivity contribution in [3.8, 4) is 0 Å². The van der Waals surface area contributed by atoms with Gasteiger partial charge in [-0.15, -0.1) is 11.8 Å². The highest BCUT2D eigenvalue weighted by Crippen LogP contribution is 2.22. The first kappa shape index (κ1) is 14.2. The normalized spacial score (nSPS) is 10.3. The van der Waals surface area contributed by atoms with Crippen LogP contribution in [0.5, 0.6) is 0 Å². The molecule has 0 spiro atoms. The molecule has 1 N–H and O–H groups in total. The highest BCUT2D eigenvalue weighted by Gasteiger charge is 2.10. The summed E-state index contributed by atoms with van der Waals surface area (Å²) >= 11 is 5.09. The van der Waals surface area contributed by atoms with Crippen molar-refractivity contribution in [2.24, 2.45) is 0 Å². The standard InChI is InChI=1S/C15H14BrNOS/c1-10-13(7-4-8-14(10)16)15(18)17-11-5-3-6-12(9-11)19-2/h3-9H,1-2H3,(H,17,18). The number of benzene rings is 2. The van der Waals surface area contributed by atoms with Gasteiger partial charge in [0.15, 0.2) is 0 Å². The predicted molar refractivity (Wildman–Crippen MR) is 85.1 cm³/mol. The monoisotopic (exact) mass is 335 g/mol. The zero-order chi connectivity index (χ0) is 13.8. The van der Waals surface area contributed by atoms with E-state index in [0.717, 1.165) is 20.6 Å². The minimum atomic E-state index is -0.0861. The van der Waals surface area contributed by atoms with E-state index in [2.05, 4.69) is 21.2 Å². The molecule has 0 aliphatic carbocycles. The molecule has 2 rings (SSSR count). The van der Waals surface area contributed by atoms with Crippen LogP contribution in [0.3, 0.4) is 0 Å². The Morgan fingerprint density at radius 3 is 2.68 bits per heavy atom. The van der Waals surface area contributed by atoms with Gasteiger partial charge in [0.25, 0.3) is 5.91 Å². The third kappa shape index (κ3) is 3.39. The van der Waals surface area contributed by atoms with Crippen molar-refractivity contribution in [1.29, 1.82) is 0 Å². The van der Waals surface area contributed by atoms with Gasteiger partial charge in [-0.3, -0.25) is 4.79 Å². The maximum absolute atomic E-state index is 12.2. The molecule has 98 valence electrons. The summed E-state index contributed by atoms with van der Waals surface area (Å²) in [6, 6.07) is 13.4. The molecule has 0 fully saturated rings. The fourth-order valence-corrected chi connectivity index (χ4v) is 2.58. The Hall–Kier alpha value is -1.26. The van der Waals surface area contributed by atoms with E-state index in [1.165, 1.54) is 0 Å². The van der Waals surface area contributed by atoms with Crippen molar-refractivity contribution < 1.29 is 4.79 Å². The van der Waals surface area contributed by atoms with Crippen molar-refractivity contribution in [3.05, 3.63) is 58.1 Å². The number of hydrogen-bond donors (Lipinski definition) is 1. The highest BCUT2D eigenvalue weighted by atomic mass is 79.9. The number of halogens is 1. The summed E-state index contributed by atoms with van der Waals surface area (Å²) < 4.78 is 0.943. The van der Waals surface area contributed by atoms with E-state index in [4.69, 9.17) is 0 Å². The van der Waals surface area contributed by atoms with Crippen molar-refractivity contribution in [1.82, 2.24) is 0 Å². The molecule has 0 saturated heterocycles. The molecule has 0 aliphatic rings. The Balaban J connectivity index is 2.23. The molecule has 2 nitrogen and oxygen atoms in total. The van der Waals surface area contributed by atoms with Gasteiger partial charge in [0.1, 0.15) is 0 Å². The van der Waals surface area contributed by atoms with Gasteiger partial charge in [0, 0.05) is 20.6 Å². The van der Waals surface area contributed by atoms with E-state index >= 15 is 0 Å². The number of carbonyl (C=O) groups is 1. The minimum Gasteiger partial charge on any atom is -0.322 e. The predicted octanol–water partition coefficient (Wildman–Crippen LogP) is 4.73. The molecule has 0 radical (unpaired) electrons. The molecule has 4 heteroatoms. The zero-order valence-corrected chi connectivity index (χ0v) is 13.1. The van der Waals surface area contributed by atoms with Crippen molar-refractivity contribution in [3.63, 3.8) is 0 Å². The number of thioether (sulfide) groups is 1. The number of nitrogens with one attached hydrogen (secondary N) is 1. The number of amides is 1. The van der Waals surface area contributed by atoms with Gasteiger partial charge in [0.05, 0.1) is 0 Å². The van der Waals surface area contributed by atoms with Crippen LogP contribution in [-0.4, -0.2) is 12.2 Å². The van der Waals surface area contributed by atoms with E-state index in [9.17, 15) is 4.79 Å². The van der Waals surface area contributed by atoms with Crippen LogP contribution in [0.15, 0.2) is 51.8 Å². The van der Waals surface area contributed by atoms with Crippen molar-refractivity contribution >= 4 is 39.3 Å². The Morgan fingerprint density at radius 1 is 1.21 bits per heavy atom. The van der Waals surface area contributed by atoms with Crippen LogP contribution in [-0.2, 0) is 0 Å². The minimum absolute atomic E-state index is 0.0861. The average molecular weight is 336 g/mol. The lowest BCUT2D eigenvalue weighted by Gasteiger charge is -2.09. The molecule has 0 aromatic heterocycles. The van der Waals surface area contributed by atoms with Gasteiger partial charge >= 0.3 is 0 Å². The summed E-state index contributed by atoms with van der Waals surface area (Å²) in [5, 5.41) is 2.93. The summed E-state index contributed by atoms with van der Waals surface area (Å²) in [6.45, 7) is 1.93. The summed E-state index contributed by atoms with van der Waals surface area (Å²) in [5.41, 5.74) is 2.45. The summed E-state index contributed by atoms with van der Waals surface area (Å²) in [4.78, 5) is 13.4. The van der Waals surface area contributed by atoms with Gasteiger partial charge in [-0.1, -0.05) is 28.1 Å². The van der Waals surface area contributed by atoms with Crippen molar-refractivity contribution in [2.75, 3.05) is 11.6 Å². The first-order chi connectivity index (χ1) is 9.11. The van der Waals surface area contributed by atoms with Crippen LogP contribution in [0.1, 0.15) is 15.9 Å². The number of hydrogen-bond acceptors (Lipinski definition) is 2. The third-order valence-corrected chi connectivity index (χ3v) is 4.42. The second-order valence-electron chi connectivity index (χ2n) is 4.10. The second-order valence-corrected chi connectivity index (χ2v) is 5.83. The summed E-state index contributed by atoms with van der Waals surface area (Å²) in [7, 11) is 0. The maximum atomic E-state index is 12.2. The Bertz CT molecular complexity index is 613. The van der Waals surface area contributed by atoms with Gasteiger partial charge in [-0.05, 0) is 49.1 Å². The lowest BCUT2D eigenvalue weighted by atomic mass is 10.1. The number of carbonyl (C=O) groups excluding carboxylic acids is 1. The van der Waals surface area contributed by atoms with Gasteiger partial charge in [0.2, 0.25) is 0 Å². The first-order valence-electron chi connectivity index (χ1n) is 5.82. The van der Waals surface area contributed by atoms with Crippen molar-refractivity contribution in [2.45, 2.75) is 11.8 Å². The third-order valence-electron chi connectivity index (χ3n) is 2.84. The molecular formula is C15H14BrNOS. The number of rotatable bonds is 3. The molecule has 19 heavy (non-hydrogen) atoms. The van der Waals surface area contributed by atoms with Crippen LogP contribution in [0.2, 0.25) is 0 Å². The van der Waals surface area contributed by atoms with Gasteiger partial charge in [-0.2, -0.15) is 0 Å². The van der Waals surface area contributed by atoms with E-state index in [1.54, 1.807) is 11.8 Å². The topological polar surface area (TPSA) is 29.1 Å². The van der Waals surface area contributed by atoms with Crippen LogP contribution >= 0.6 is 27.7 Å². The zero-order valence-electron chi connectivity index (χ0n) is 10.7. The van der Waals surface area contributed by atoms with E-state index in [-0.39, 0.29) is 5.91 Å².